The fraction of sp³-hybridized carbons (Fsp3) is 0.0909. The van der Waals surface area contributed by atoms with E-state index in [4.69, 9.17) is 23.2 Å². The van der Waals surface area contributed by atoms with Crippen LogP contribution in [0.1, 0.15) is 5.82 Å². The van der Waals surface area contributed by atoms with E-state index >= 15 is 0 Å². The highest BCUT2D eigenvalue weighted by molar-refractivity contribution is 6.33. The molecule has 0 aliphatic carbocycles. The Morgan fingerprint density at radius 2 is 1.94 bits per heavy atom. The van der Waals surface area contributed by atoms with Gasteiger partial charge in [0.25, 0.3) is 0 Å². The fourth-order valence-corrected chi connectivity index (χ4v) is 1.72. The number of hydrogen-bond acceptors (Lipinski definition) is 3. The van der Waals surface area contributed by atoms with Gasteiger partial charge in [0.2, 0.25) is 0 Å². The molecular formula is C11H8Cl2FN3. The summed E-state index contributed by atoms with van der Waals surface area (Å²) in [5, 5.41) is 3.60. The molecule has 2 rings (SSSR count). The van der Waals surface area contributed by atoms with E-state index in [1.54, 1.807) is 6.92 Å². The molecule has 1 aromatic heterocycles. The quantitative estimate of drug-likeness (QED) is 0.840. The molecule has 0 bridgehead atoms. The molecular weight excluding hydrogens is 264 g/mol. The molecule has 1 aromatic carbocycles. The molecule has 0 unspecified atom stereocenters. The van der Waals surface area contributed by atoms with E-state index in [0.29, 0.717) is 27.5 Å². The molecule has 1 N–H and O–H groups in total. The molecule has 3 nitrogen and oxygen atoms in total. The number of benzene rings is 1. The average molecular weight is 272 g/mol. The van der Waals surface area contributed by atoms with Crippen LogP contribution < -0.4 is 5.32 Å². The molecule has 2 aromatic rings. The van der Waals surface area contributed by atoms with Crippen LogP contribution in [0.25, 0.3) is 0 Å². The number of halogens is 3. The van der Waals surface area contributed by atoms with E-state index in [1.165, 1.54) is 24.3 Å². The molecule has 0 saturated carbocycles. The molecule has 0 spiro atoms. The summed E-state index contributed by atoms with van der Waals surface area (Å²) in [5.74, 6) is 0.608. The Labute approximate surface area is 108 Å². The lowest BCUT2D eigenvalue weighted by atomic mass is 10.3. The Balaban J connectivity index is 2.34. The SMILES string of the molecule is Cc1nc(Cl)cc(Nc2cc(F)ccc2Cl)n1. The van der Waals surface area contributed by atoms with Gasteiger partial charge in [-0.25, -0.2) is 14.4 Å². The van der Waals surface area contributed by atoms with Crippen molar-refractivity contribution in [1.82, 2.24) is 9.97 Å². The molecule has 6 heteroatoms. The van der Waals surface area contributed by atoms with Gasteiger partial charge in [-0.3, -0.25) is 0 Å². The van der Waals surface area contributed by atoms with Crippen LogP contribution in [-0.2, 0) is 0 Å². The van der Waals surface area contributed by atoms with Gasteiger partial charge in [-0.15, -0.1) is 0 Å². The number of nitrogens with zero attached hydrogens (tertiary/aromatic N) is 2. The summed E-state index contributed by atoms with van der Waals surface area (Å²) >= 11 is 11.7. The summed E-state index contributed by atoms with van der Waals surface area (Å²) in [5.41, 5.74) is 0.431. The normalized spacial score (nSPS) is 10.4. The minimum Gasteiger partial charge on any atom is -0.339 e. The molecule has 0 fully saturated rings. The summed E-state index contributed by atoms with van der Waals surface area (Å²) in [6.45, 7) is 1.71. The number of rotatable bonds is 2. The van der Waals surface area contributed by atoms with Crippen molar-refractivity contribution in [2.24, 2.45) is 0 Å². The van der Waals surface area contributed by atoms with Gasteiger partial charge in [0.15, 0.2) is 0 Å². The molecule has 0 amide bonds. The highest BCUT2D eigenvalue weighted by Crippen LogP contribution is 2.26. The Morgan fingerprint density at radius 1 is 1.18 bits per heavy atom. The summed E-state index contributed by atoms with van der Waals surface area (Å²) in [6.07, 6.45) is 0. The first-order chi connectivity index (χ1) is 8.04. The second-order valence-electron chi connectivity index (χ2n) is 3.37. The van der Waals surface area contributed by atoms with Crippen molar-refractivity contribution < 1.29 is 4.39 Å². The lowest BCUT2D eigenvalue weighted by molar-refractivity contribution is 0.628. The number of nitrogens with one attached hydrogen (secondary N) is 1. The fourth-order valence-electron chi connectivity index (χ4n) is 1.33. The molecule has 0 radical (unpaired) electrons. The van der Waals surface area contributed by atoms with Gasteiger partial charge < -0.3 is 5.32 Å². The Hall–Kier alpha value is -1.39. The summed E-state index contributed by atoms with van der Waals surface area (Å²) < 4.78 is 13.1. The van der Waals surface area contributed by atoms with E-state index in [2.05, 4.69) is 15.3 Å². The van der Waals surface area contributed by atoms with Crippen LogP contribution in [0.5, 0.6) is 0 Å². The standard InChI is InChI=1S/C11H8Cl2FN3/c1-6-15-10(13)5-11(16-6)17-9-4-7(14)2-3-8(9)12/h2-5H,1H3,(H,15,16,17). The number of anilines is 2. The number of aryl methyl sites for hydroxylation is 1. The van der Waals surface area contributed by atoms with Gasteiger partial charge in [0, 0.05) is 6.07 Å². The number of hydrogen-bond donors (Lipinski definition) is 1. The third-order valence-electron chi connectivity index (χ3n) is 2.00. The van der Waals surface area contributed by atoms with Crippen LogP contribution >= 0.6 is 23.2 Å². The van der Waals surface area contributed by atoms with Crippen molar-refractivity contribution in [2.75, 3.05) is 5.32 Å². The maximum atomic E-state index is 13.1. The minimum atomic E-state index is -0.381. The van der Waals surface area contributed by atoms with Crippen LogP contribution in [0.2, 0.25) is 10.2 Å². The largest absolute Gasteiger partial charge is 0.339 e. The maximum absolute atomic E-state index is 13.1. The molecule has 17 heavy (non-hydrogen) atoms. The summed E-state index contributed by atoms with van der Waals surface area (Å²) in [4.78, 5) is 8.04. The third-order valence-corrected chi connectivity index (χ3v) is 2.52. The van der Waals surface area contributed by atoms with Gasteiger partial charge in [0.05, 0.1) is 10.7 Å². The second kappa shape index (κ2) is 4.85. The van der Waals surface area contributed by atoms with Crippen molar-refractivity contribution in [1.29, 1.82) is 0 Å². The zero-order valence-corrected chi connectivity index (χ0v) is 10.3. The van der Waals surface area contributed by atoms with Gasteiger partial charge in [-0.1, -0.05) is 23.2 Å². The van der Waals surface area contributed by atoms with Crippen LogP contribution in [0.15, 0.2) is 24.3 Å². The molecule has 1 heterocycles. The van der Waals surface area contributed by atoms with Crippen molar-refractivity contribution in [3.8, 4) is 0 Å². The third kappa shape index (κ3) is 3.05. The Kier molecular flexibility index (Phi) is 3.45. The Bertz CT molecular complexity index is 540. The number of aromatic nitrogens is 2. The lowest BCUT2D eigenvalue weighted by Gasteiger charge is -2.08. The maximum Gasteiger partial charge on any atom is 0.135 e. The van der Waals surface area contributed by atoms with E-state index in [-0.39, 0.29) is 5.82 Å². The van der Waals surface area contributed by atoms with E-state index in [9.17, 15) is 4.39 Å². The predicted octanol–water partition coefficient (Wildman–Crippen LogP) is 3.97. The molecule has 0 atom stereocenters. The van der Waals surface area contributed by atoms with Crippen LogP contribution in [0.3, 0.4) is 0 Å². The van der Waals surface area contributed by atoms with Crippen LogP contribution in [0.4, 0.5) is 15.9 Å². The van der Waals surface area contributed by atoms with Crippen LogP contribution in [0, 0.1) is 12.7 Å². The van der Waals surface area contributed by atoms with E-state index in [1.807, 2.05) is 0 Å². The average Bonchev–Trinajstić information content (AvgIpc) is 2.22. The van der Waals surface area contributed by atoms with Crippen molar-refractivity contribution in [3.63, 3.8) is 0 Å². The smallest absolute Gasteiger partial charge is 0.135 e. The van der Waals surface area contributed by atoms with Crippen molar-refractivity contribution in [3.05, 3.63) is 46.1 Å². The topological polar surface area (TPSA) is 37.8 Å². The minimum absolute atomic E-state index is 0.313. The van der Waals surface area contributed by atoms with Crippen molar-refractivity contribution >= 4 is 34.7 Å². The van der Waals surface area contributed by atoms with Crippen LogP contribution in [-0.4, -0.2) is 9.97 Å². The van der Waals surface area contributed by atoms with E-state index < -0.39 is 0 Å². The molecule has 0 aliphatic rings. The summed E-state index contributed by atoms with van der Waals surface area (Å²) in [7, 11) is 0. The molecule has 0 saturated heterocycles. The first-order valence-corrected chi connectivity index (χ1v) is 5.53. The zero-order chi connectivity index (χ0) is 12.4. The molecule has 0 aliphatic heterocycles. The van der Waals surface area contributed by atoms with Gasteiger partial charge >= 0.3 is 0 Å². The monoisotopic (exact) mass is 271 g/mol. The highest BCUT2D eigenvalue weighted by atomic mass is 35.5. The lowest BCUT2D eigenvalue weighted by Crippen LogP contribution is -1.98. The Morgan fingerprint density at radius 3 is 2.65 bits per heavy atom. The van der Waals surface area contributed by atoms with Gasteiger partial charge in [-0.2, -0.15) is 0 Å². The predicted molar refractivity (Wildman–Crippen MR) is 66.5 cm³/mol. The molecule has 88 valence electrons. The van der Waals surface area contributed by atoms with E-state index in [0.717, 1.165) is 0 Å². The highest BCUT2D eigenvalue weighted by Gasteiger charge is 2.05. The van der Waals surface area contributed by atoms with Gasteiger partial charge in [-0.05, 0) is 25.1 Å². The first-order valence-electron chi connectivity index (χ1n) is 4.78. The first kappa shape index (κ1) is 12.1. The zero-order valence-electron chi connectivity index (χ0n) is 8.84. The van der Waals surface area contributed by atoms with Crippen molar-refractivity contribution in [2.45, 2.75) is 6.92 Å². The second-order valence-corrected chi connectivity index (χ2v) is 4.17. The summed E-state index contributed by atoms with van der Waals surface area (Å²) in [6, 6.07) is 5.57. The van der Waals surface area contributed by atoms with Gasteiger partial charge in [0.1, 0.15) is 22.6 Å².